The predicted octanol–water partition coefficient (Wildman–Crippen LogP) is 11.5. The lowest BCUT2D eigenvalue weighted by Gasteiger charge is -2.42. The van der Waals surface area contributed by atoms with E-state index in [1.54, 1.807) is 34.7 Å². The number of hydrogen-bond donors (Lipinski definition) is 2. The van der Waals surface area contributed by atoms with E-state index in [1.807, 2.05) is 32.2 Å². The first-order valence-corrected chi connectivity index (χ1v) is 30.3. The molecule has 1 saturated heterocycles. The first kappa shape index (κ1) is 60.5. The Morgan fingerprint density at radius 1 is 0.909 bits per heavy atom. The summed E-state index contributed by atoms with van der Waals surface area (Å²) in [5.74, 6) is -1.46. The van der Waals surface area contributed by atoms with Gasteiger partial charge in [-0.05, 0) is 141 Å². The van der Waals surface area contributed by atoms with Crippen LogP contribution in [0.5, 0.6) is 5.75 Å². The summed E-state index contributed by atoms with van der Waals surface area (Å²) in [5.41, 5.74) is 10.7. The van der Waals surface area contributed by atoms with Crippen molar-refractivity contribution >= 4 is 49.0 Å². The Kier molecular flexibility index (Phi) is 18.9. The molecule has 0 saturated carbocycles. The highest BCUT2D eigenvalue weighted by Crippen LogP contribution is 2.45. The summed E-state index contributed by atoms with van der Waals surface area (Å²) in [5, 5.41) is 5.65. The average Bonchev–Trinajstić information content (AvgIpc) is 3.66. The highest BCUT2D eigenvalue weighted by molar-refractivity contribution is 6.78. The average molecular weight is 1080 g/mol. The summed E-state index contributed by atoms with van der Waals surface area (Å²) in [6, 6.07) is 13.0. The van der Waals surface area contributed by atoms with Gasteiger partial charge in [-0.2, -0.15) is 0 Å². The van der Waals surface area contributed by atoms with Crippen molar-refractivity contribution < 1.29 is 37.9 Å². The normalized spacial score (nSPS) is 18.4. The number of aromatic nitrogens is 2. The molecule has 0 unspecified atom stereocenters. The van der Waals surface area contributed by atoms with E-state index in [1.165, 1.54) is 21.9 Å². The van der Waals surface area contributed by atoms with Crippen LogP contribution >= 0.6 is 0 Å². The molecule has 6 bridgehead atoms. The highest BCUT2D eigenvalue weighted by Gasteiger charge is 2.47. The summed E-state index contributed by atoms with van der Waals surface area (Å²) in [6.45, 7) is 36.0. The zero-order valence-corrected chi connectivity index (χ0v) is 50.8. The molecule has 4 amide bonds. The molecule has 15 nitrogen and oxygen atoms in total. The second-order valence-corrected chi connectivity index (χ2v) is 30.5. The van der Waals surface area contributed by atoms with Crippen LogP contribution in [0.2, 0.25) is 16.6 Å². The molecule has 1 fully saturated rings. The number of carbonyl (C=O) groups excluding carboxylic acids is 5. The van der Waals surface area contributed by atoms with Crippen molar-refractivity contribution in [1.82, 2.24) is 35.1 Å². The molecule has 0 spiro atoms. The number of hydrogen-bond acceptors (Lipinski definition) is 10. The lowest BCUT2D eigenvalue weighted by molar-refractivity contribution is -0.155. The minimum atomic E-state index is -2.55. The van der Waals surface area contributed by atoms with E-state index in [0.717, 1.165) is 50.1 Å². The number of esters is 1. The maximum absolute atomic E-state index is 15.3. The van der Waals surface area contributed by atoms with E-state index in [2.05, 4.69) is 128 Å². The molecule has 2 aromatic heterocycles. The van der Waals surface area contributed by atoms with Gasteiger partial charge in [0.1, 0.15) is 35.5 Å². The molecule has 0 radical (unpaired) electrons. The first-order valence-electron chi connectivity index (χ1n) is 28.1. The lowest BCUT2D eigenvalue weighted by atomic mass is 9.83. The third-order valence-electron chi connectivity index (χ3n) is 15.8. The van der Waals surface area contributed by atoms with Gasteiger partial charge in [-0.1, -0.05) is 95.2 Å². The van der Waals surface area contributed by atoms with Gasteiger partial charge in [0.05, 0.1) is 18.0 Å². The van der Waals surface area contributed by atoms with E-state index in [9.17, 15) is 19.2 Å². The van der Waals surface area contributed by atoms with E-state index in [4.69, 9.17) is 18.9 Å². The second-order valence-electron chi connectivity index (χ2n) is 25.1. The number of amides is 4. The van der Waals surface area contributed by atoms with Crippen LogP contribution in [0, 0.1) is 11.3 Å². The first-order chi connectivity index (χ1) is 35.9. The Labute approximate surface area is 460 Å². The monoisotopic (exact) mass is 1080 g/mol. The van der Waals surface area contributed by atoms with E-state index < -0.39 is 79.2 Å². The van der Waals surface area contributed by atoms with Gasteiger partial charge in [0.25, 0.3) is 14.2 Å². The summed E-state index contributed by atoms with van der Waals surface area (Å²) in [4.78, 5) is 79.3. The largest absolute Gasteiger partial charge is 0.543 e. The quantitative estimate of drug-likeness (QED) is 0.0917. The van der Waals surface area contributed by atoms with Gasteiger partial charge in [0, 0.05) is 61.7 Å². The van der Waals surface area contributed by atoms with Crippen LogP contribution in [-0.4, -0.2) is 119 Å². The summed E-state index contributed by atoms with van der Waals surface area (Å²) >= 11 is 0. The molecule has 2 aliphatic heterocycles. The molecule has 0 aliphatic carbocycles. The third-order valence-corrected chi connectivity index (χ3v) is 21.8. The predicted molar refractivity (Wildman–Crippen MR) is 309 cm³/mol. The van der Waals surface area contributed by atoms with Crippen molar-refractivity contribution in [2.24, 2.45) is 11.3 Å². The van der Waals surface area contributed by atoms with Gasteiger partial charge in [-0.25, -0.2) is 10.2 Å². The van der Waals surface area contributed by atoms with Gasteiger partial charge in [-0.15, -0.1) is 0 Å². The molecule has 2 aliphatic rings. The number of likely N-dealkylation sites (N-methyl/N-ethyl adjacent to an activating group) is 2. The number of hydrazine groups is 1. The molecule has 4 aromatic rings. The fourth-order valence-electron chi connectivity index (χ4n) is 12.0. The van der Waals surface area contributed by atoms with Crippen molar-refractivity contribution in [3.63, 3.8) is 0 Å². The molecular weight excluding hydrogens is 987 g/mol. The number of carbonyl (C=O) groups is 5. The van der Waals surface area contributed by atoms with E-state index >= 15 is 4.79 Å². The molecule has 2 aromatic carbocycles. The van der Waals surface area contributed by atoms with E-state index in [0.29, 0.717) is 31.6 Å². The van der Waals surface area contributed by atoms with Crippen molar-refractivity contribution in [3.8, 4) is 28.1 Å². The number of aryl methyl sites for hydroxylation is 1. The highest BCUT2D eigenvalue weighted by atomic mass is 28.4. The van der Waals surface area contributed by atoms with Crippen LogP contribution in [0.4, 0.5) is 4.79 Å². The SMILES string of the molecule is CCn1c(-c2cccnc2C(C)C)c2c3cc(ccc31)-c1cc(cc(O[Si](C(C)C)(C(C)C)C(C)C)c1)C[C@H](NC(=O)[C@H](C(C)C)N(C)C(=O)[C@H](C)N(C)C(=O)OC(C)(C)C)C(=O)N1CCC[C@H](N1)C(=O)OCC(C)(C)C2. The van der Waals surface area contributed by atoms with Crippen LogP contribution in [0.25, 0.3) is 33.3 Å². The third kappa shape index (κ3) is 13.2. The maximum Gasteiger partial charge on any atom is 0.410 e. The van der Waals surface area contributed by atoms with Crippen molar-refractivity contribution in [1.29, 1.82) is 0 Å². The summed E-state index contributed by atoms with van der Waals surface area (Å²) < 4.78 is 21.7. The minimum absolute atomic E-state index is 0.0545. The molecule has 16 heteroatoms. The number of nitrogens with one attached hydrogen (secondary N) is 2. The molecule has 2 N–H and O–H groups in total. The molecule has 6 rings (SSSR count). The standard InChI is InChI=1S/C61H91N7O8Si/c1-20-67-51-26-25-43-33-47(51)48(54(67)46-23-21-27-62-52(46)36(2)3)34-61(16,17)35-74-58(72)49-24-22-28-68(64-49)57(71)50(31-42-29-44(43)32-45(30-42)76-77(38(6)7,39(8)9)40(10)11)63-55(69)53(37(4)5)66(19)56(70)41(12)65(18)59(73)75-60(13,14)15/h21,23,25-27,29-30,32-33,36-41,49-50,53,64H,20,22,24,28,31,34-35H2,1-19H3,(H,63,69)/t41-,49-,50-,53-/m0/s1. The van der Waals surface area contributed by atoms with Gasteiger partial charge < -0.3 is 28.7 Å². The van der Waals surface area contributed by atoms with Crippen LogP contribution in [0.15, 0.2) is 54.7 Å². The molecular formula is C61H91N7O8Si. The lowest BCUT2D eigenvalue weighted by Crippen LogP contribution is -2.62. The van der Waals surface area contributed by atoms with Gasteiger partial charge >= 0.3 is 12.1 Å². The Morgan fingerprint density at radius 3 is 2.17 bits per heavy atom. The van der Waals surface area contributed by atoms with E-state index in [-0.39, 0.29) is 42.1 Å². The van der Waals surface area contributed by atoms with Crippen molar-refractivity contribution in [3.05, 3.63) is 71.5 Å². The summed E-state index contributed by atoms with van der Waals surface area (Å²) in [7, 11) is 0.490. The zero-order chi connectivity index (χ0) is 57.2. The van der Waals surface area contributed by atoms with Gasteiger partial charge in [0.2, 0.25) is 11.8 Å². The molecule has 4 heterocycles. The van der Waals surface area contributed by atoms with Gasteiger partial charge in [-0.3, -0.25) is 34.1 Å². The number of cyclic esters (lactones) is 1. The zero-order valence-electron chi connectivity index (χ0n) is 49.8. The fourth-order valence-corrected chi connectivity index (χ4v) is 17.2. The smallest absolute Gasteiger partial charge is 0.410 e. The number of pyridine rings is 1. The number of nitrogens with zero attached hydrogens (tertiary/aromatic N) is 5. The van der Waals surface area contributed by atoms with Crippen LogP contribution in [-0.2, 0) is 48.0 Å². The maximum atomic E-state index is 15.3. The molecule has 422 valence electrons. The summed E-state index contributed by atoms with van der Waals surface area (Å²) in [6.07, 6.45) is 2.80. The fraction of sp³-hybridized carbons (Fsp3) is 0.607. The number of fused-ring (bicyclic) bond motifs is 6. The molecule has 4 atom stereocenters. The van der Waals surface area contributed by atoms with Gasteiger partial charge in [0.15, 0.2) is 0 Å². The van der Waals surface area contributed by atoms with Crippen molar-refractivity contribution in [2.45, 2.75) is 202 Å². The minimum Gasteiger partial charge on any atom is -0.543 e. The Bertz CT molecular complexity index is 2770. The van der Waals surface area contributed by atoms with Crippen LogP contribution in [0.1, 0.15) is 153 Å². The number of ether oxygens (including phenoxy) is 2. The second kappa shape index (κ2) is 24.1. The Hall–Kier alpha value is -5.74. The number of benzene rings is 2. The Balaban J connectivity index is 1.57. The van der Waals surface area contributed by atoms with Crippen LogP contribution < -0.4 is 15.2 Å². The number of rotatable bonds is 14. The molecule has 77 heavy (non-hydrogen) atoms. The van der Waals surface area contributed by atoms with Crippen molar-refractivity contribution in [2.75, 3.05) is 27.2 Å². The topological polar surface area (TPSA) is 165 Å². The Morgan fingerprint density at radius 2 is 1.57 bits per heavy atom. The van der Waals surface area contributed by atoms with Crippen LogP contribution in [0.3, 0.4) is 0 Å².